The Morgan fingerprint density at radius 1 is 1.07 bits per heavy atom. The summed E-state index contributed by atoms with van der Waals surface area (Å²) in [6, 6.07) is 17.4. The maximum Gasteiger partial charge on any atom is 0.274 e. The van der Waals surface area contributed by atoms with E-state index in [0.29, 0.717) is 18.1 Å². The second kappa shape index (κ2) is 9.50. The third-order valence-corrected chi connectivity index (χ3v) is 4.43. The molecule has 0 saturated carbocycles. The molecule has 1 heterocycles. The first kappa shape index (κ1) is 19.4. The Bertz CT molecular complexity index is 926. The van der Waals surface area contributed by atoms with Crippen molar-refractivity contribution < 1.29 is 9.53 Å². The minimum Gasteiger partial charge on any atom is -0.497 e. The Morgan fingerprint density at radius 3 is 2.61 bits per heavy atom. The van der Waals surface area contributed by atoms with Crippen molar-refractivity contribution in [2.24, 2.45) is 0 Å². The molecule has 3 rings (SSSR count). The Balaban J connectivity index is 1.59. The van der Waals surface area contributed by atoms with Crippen molar-refractivity contribution in [2.45, 2.75) is 19.8 Å². The predicted octanol–water partition coefficient (Wildman–Crippen LogP) is 3.95. The van der Waals surface area contributed by atoms with Crippen molar-refractivity contribution >= 4 is 17.4 Å². The van der Waals surface area contributed by atoms with Crippen LogP contribution in [-0.4, -0.2) is 29.5 Å². The number of ether oxygens (including phenoxy) is 1. The summed E-state index contributed by atoms with van der Waals surface area (Å²) in [5.41, 5.74) is 3.41. The number of hydrogen-bond donors (Lipinski definition) is 2. The topological polar surface area (TPSA) is 76.1 Å². The molecule has 144 valence electrons. The molecule has 0 aliphatic carbocycles. The second-order valence-electron chi connectivity index (χ2n) is 6.28. The van der Waals surface area contributed by atoms with Crippen LogP contribution in [0, 0.1) is 0 Å². The summed E-state index contributed by atoms with van der Waals surface area (Å²) in [4.78, 5) is 20.8. The van der Waals surface area contributed by atoms with Gasteiger partial charge in [-0.2, -0.15) is 0 Å². The maximum atomic E-state index is 12.5. The molecular weight excluding hydrogens is 352 g/mol. The van der Waals surface area contributed by atoms with Gasteiger partial charge in [0, 0.05) is 18.3 Å². The van der Waals surface area contributed by atoms with E-state index >= 15 is 0 Å². The quantitative estimate of drug-likeness (QED) is 0.622. The van der Waals surface area contributed by atoms with E-state index in [2.05, 4.69) is 27.5 Å². The minimum atomic E-state index is -0.249. The normalized spacial score (nSPS) is 10.4. The number of rotatable bonds is 8. The van der Waals surface area contributed by atoms with Crippen molar-refractivity contribution in [1.82, 2.24) is 9.97 Å². The summed E-state index contributed by atoms with van der Waals surface area (Å²) in [5.74, 6) is 1.21. The number of para-hydroxylation sites is 1. The van der Waals surface area contributed by atoms with Crippen molar-refractivity contribution in [2.75, 3.05) is 24.3 Å². The van der Waals surface area contributed by atoms with Crippen molar-refractivity contribution in [3.63, 3.8) is 0 Å². The number of nitrogens with one attached hydrogen (secondary N) is 2. The second-order valence-corrected chi connectivity index (χ2v) is 6.28. The third-order valence-electron chi connectivity index (χ3n) is 4.43. The highest BCUT2D eigenvalue weighted by molar-refractivity contribution is 6.03. The average Bonchev–Trinajstić information content (AvgIpc) is 2.75. The van der Waals surface area contributed by atoms with Crippen LogP contribution in [0.2, 0.25) is 0 Å². The van der Waals surface area contributed by atoms with Gasteiger partial charge < -0.3 is 15.4 Å². The van der Waals surface area contributed by atoms with Gasteiger partial charge in [0.05, 0.1) is 7.11 Å². The minimum absolute atomic E-state index is 0.249. The summed E-state index contributed by atoms with van der Waals surface area (Å²) < 4.78 is 5.17. The zero-order chi connectivity index (χ0) is 19.8. The lowest BCUT2D eigenvalue weighted by atomic mass is 10.1. The SMILES string of the molecule is CCc1ccccc1NC(=O)c1cc(NCCc2ccc(OC)cc2)ncn1. The predicted molar refractivity (Wildman–Crippen MR) is 111 cm³/mol. The van der Waals surface area contributed by atoms with Crippen LogP contribution >= 0.6 is 0 Å². The summed E-state index contributed by atoms with van der Waals surface area (Å²) in [6.07, 6.45) is 3.08. The van der Waals surface area contributed by atoms with Gasteiger partial charge in [-0.1, -0.05) is 37.3 Å². The van der Waals surface area contributed by atoms with Gasteiger partial charge in [0.15, 0.2) is 0 Å². The molecule has 0 aliphatic heterocycles. The van der Waals surface area contributed by atoms with Gasteiger partial charge in [0.1, 0.15) is 23.6 Å². The van der Waals surface area contributed by atoms with Crippen LogP contribution in [-0.2, 0) is 12.8 Å². The number of carbonyl (C=O) groups excluding carboxylic acids is 1. The number of hydrogen-bond acceptors (Lipinski definition) is 5. The molecule has 0 bridgehead atoms. The number of benzene rings is 2. The van der Waals surface area contributed by atoms with Gasteiger partial charge in [-0.15, -0.1) is 0 Å². The summed E-state index contributed by atoms with van der Waals surface area (Å²) in [5, 5.41) is 6.17. The first-order valence-electron chi connectivity index (χ1n) is 9.27. The van der Waals surface area contributed by atoms with E-state index in [1.807, 2.05) is 48.5 Å². The number of methoxy groups -OCH3 is 1. The average molecular weight is 376 g/mol. The lowest BCUT2D eigenvalue weighted by molar-refractivity contribution is 0.102. The van der Waals surface area contributed by atoms with Crippen LogP contribution < -0.4 is 15.4 Å². The van der Waals surface area contributed by atoms with Crippen molar-refractivity contribution in [3.8, 4) is 5.75 Å². The zero-order valence-electron chi connectivity index (χ0n) is 16.1. The molecule has 6 nitrogen and oxygen atoms in total. The Hall–Kier alpha value is -3.41. The van der Waals surface area contributed by atoms with E-state index in [-0.39, 0.29) is 5.91 Å². The van der Waals surface area contributed by atoms with E-state index < -0.39 is 0 Å². The maximum absolute atomic E-state index is 12.5. The van der Waals surface area contributed by atoms with E-state index in [9.17, 15) is 4.79 Å². The van der Waals surface area contributed by atoms with E-state index in [0.717, 1.165) is 29.8 Å². The van der Waals surface area contributed by atoms with Crippen LogP contribution in [0.4, 0.5) is 11.5 Å². The third kappa shape index (κ3) is 5.07. The summed E-state index contributed by atoms with van der Waals surface area (Å²) in [6.45, 7) is 2.75. The van der Waals surface area contributed by atoms with Crippen LogP contribution in [0.5, 0.6) is 5.75 Å². The van der Waals surface area contributed by atoms with E-state index in [1.165, 1.54) is 11.9 Å². The zero-order valence-corrected chi connectivity index (χ0v) is 16.1. The molecule has 0 spiro atoms. The monoisotopic (exact) mass is 376 g/mol. The first-order valence-corrected chi connectivity index (χ1v) is 9.27. The molecule has 0 radical (unpaired) electrons. The molecule has 1 aromatic heterocycles. The van der Waals surface area contributed by atoms with Crippen LogP contribution in [0.15, 0.2) is 60.9 Å². The lowest BCUT2D eigenvalue weighted by Gasteiger charge is -2.10. The van der Waals surface area contributed by atoms with E-state index in [1.54, 1.807) is 13.2 Å². The molecule has 6 heteroatoms. The molecule has 0 aliphatic rings. The lowest BCUT2D eigenvalue weighted by Crippen LogP contribution is -2.16. The number of nitrogens with zero attached hydrogens (tertiary/aromatic N) is 2. The molecular formula is C22H24N4O2. The number of aryl methyl sites for hydroxylation is 1. The Labute approximate surface area is 165 Å². The summed E-state index contributed by atoms with van der Waals surface area (Å²) in [7, 11) is 1.65. The largest absolute Gasteiger partial charge is 0.497 e. The van der Waals surface area contributed by atoms with Gasteiger partial charge in [-0.05, 0) is 42.2 Å². The van der Waals surface area contributed by atoms with Crippen LogP contribution in [0.25, 0.3) is 0 Å². The fourth-order valence-electron chi connectivity index (χ4n) is 2.84. The number of amides is 1. The molecule has 0 atom stereocenters. The van der Waals surface area contributed by atoms with Crippen LogP contribution in [0.3, 0.4) is 0 Å². The Morgan fingerprint density at radius 2 is 1.86 bits per heavy atom. The molecule has 0 fully saturated rings. The number of aromatic nitrogens is 2. The highest BCUT2D eigenvalue weighted by atomic mass is 16.5. The first-order chi connectivity index (χ1) is 13.7. The smallest absolute Gasteiger partial charge is 0.274 e. The van der Waals surface area contributed by atoms with Crippen LogP contribution in [0.1, 0.15) is 28.5 Å². The van der Waals surface area contributed by atoms with Gasteiger partial charge in [-0.25, -0.2) is 9.97 Å². The summed E-state index contributed by atoms with van der Waals surface area (Å²) >= 11 is 0. The highest BCUT2D eigenvalue weighted by Gasteiger charge is 2.11. The standard InChI is InChI=1S/C22H24N4O2/c1-3-17-6-4-5-7-19(17)26-22(27)20-14-21(25-15-24-20)23-13-12-16-8-10-18(28-2)11-9-16/h4-11,14-15H,3,12-13H2,1-2H3,(H,26,27)(H,23,24,25). The number of carbonyl (C=O) groups is 1. The molecule has 2 aromatic carbocycles. The molecule has 2 N–H and O–H groups in total. The molecule has 3 aromatic rings. The van der Waals surface area contributed by atoms with Crippen molar-refractivity contribution in [3.05, 3.63) is 77.7 Å². The van der Waals surface area contributed by atoms with Gasteiger partial charge in [0.2, 0.25) is 0 Å². The Kier molecular flexibility index (Phi) is 6.57. The molecule has 1 amide bonds. The van der Waals surface area contributed by atoms with Gasteiger partial charge >= 0.3 is 0 Å². The number of anilines is 2. The fraction of sp³-hybridized carbons (Fsp3) is 0.227. The molecule has 0 unspecified atom stereocenters. The molecule has 0 saturated heterocycles. The van der Waals surface area contributed by atoms with E-state index in [4.69, 9.17) is 4.74 Å². The van der Waals surface area contributed by atoms with Gasteiger partial charge in [0.25, 0.3) is 5.91 Å². The fourth-order valence-corrected chi connectivity index (χ4v) is 2.84. The van der Waals surface area contributed by atoms with Crippen molar-refractivity contribution in [1.29, 1.82) is 0 Å². The molecule has 28 heavy (non-hydrogen) atoms. The van der Waals surface area contributed by atoms with Gasteiger partial charge in [-0.3, -0.25) is 4.79 Å². The highest BCUT2D eigenvalue weighted by Crippen LogP contribution is 2.17.